The third-order valence-electron chi connectivity index (χ3n) is 8.53. The summed E-state index contributed by atoms with van der Waals surface area (Å²) in [5.41, 5.74) is 8.71. The molecule has 1 unspecified atom stereocenters. The lowest BCUT2D eigenvalue weighted by Crippen LogP contribution is -2.18. The van der Waals surface area contributed by atoms with Gasteiger partial charge in [0, 0.05) is 46.4 Å². The molecule has 2 heterocycles. The van der Waals surface area contributed by atoms with Gasteiger partial charge < -0.3 is 14.6 Å². The molecular weight excluding hydrogens is 519 g/mol. The van der Waals surface area contributed by atoms with E-state index in [0.29, 0.717) is 12.5 Å². The van der Waals surface area contributed by atoms with Crippen molar-refractivity contribution in [3.05, 3.63) is 93.5 Å². The number of ether oxygens (including phenoxy) is 1. The Hall–Kier alpha value is -3.24. The number of hydrogen-bond donors (Lipinski definition) is 1. The van der Waals surface area contributed by atoms with Crippen LogP contribution in [0.3, 0.4) is 0 Å². The fourth-order valence-corrected chi connectivity index (χ4v) is 6.26. The fraction of sp³-hybridized carbons (Fsp3) is 0.371. The highest BCUT2D eigenvalue weighted by Gasteiger charge is 2.24. The number of fused-ring (bicyclic) bond motifs is 2. The first-order chi connectivity index (χ1) is 19.3. The Balaban J connectivity index is 1.48. The molecule has 3 aromatic carbocycles. The van der Waals surface area contributed by atoms with Crippen molar-refractivity contribution in [2.45, 2.75) is 66.8 Å². The van der Waals surface area contributed by atoms with Gasteiger partial charge >= 0.3 is 0 Å². The molecule has 3 nitrogen and oxygen atoms in total. The molecule has 0 saturated heterocycles. The first-order valence-electron chi connectivity index (χ1n) is 14.5. The lowest BCUT2D eigenvalue weighted by Gasteiger charge is -2.22. The summed E-state index contributed by atoms with van der Waals surface area (Å²) in [6.07, 6.45) is 6.33. The van der Waals surface area contributed by atoms with Crippen LogP contribution >= 0.6 is 11.6 Å². The van der Waals surface area contributed by atoms with Crippen LogP contribution in [0.2, 0.25) is 5.02 Å². The lowest BCUT2D eigenvalue weighted by atomic mass is 9.92. The number of nitrogens with zero attached hydrogens (tertiary/aromatic N) is 1. The predicted octanol–water partition coefficient (Wildman–Crippen LogP) is 9.62. The zero-order chi connectivity index (χ0) is 28.4. The van der Waals surface area contributed by atoms with E-state index in [9.17, 15) is 4.39 Å². The summed E-state index contributed by atoms with van der Waals surface area (Å²) in [6, 6.07) is 14.9. The third-order valence-corrected chi connectivity index (χ3v) is 8.85. The molecule has 40 heavy (non-hydrogen) atoms. The molecule has 1 atom stereocenters. The maximum absolute atomic E-state index is 13.7. The van der Waals surface area contributed by atoms with E-state index >= 15 is 0 Å². The van der Waals surface area contributed by atoms with Crippen molar-refractivity contribution < 1.29 is 9.13 Å². The zero-order valence-corrected chi connectivity index (χ0v) is 25.1. The molecule has 0 aliphatic carbocycles. The highest BCUT2D eigenvalue weighted by atomic mass is 35.5. The summed E-state index contributed by atoms with van der Waals surface area (Å²) in [4.78, 5) is 0. The van der Waals surface area contributed by atoms with Gasteiger partial charge in [0.05, 0.1) is 17.1 Å². The van der Waals surface area contributed by atoms with Crippen LogP contribution in [0.25, 0.3) is 27.2 Å². The van der Waals surface area contributed by atoms with Crippen LogP contribution in [-0.2, 0) is 13.0 Å². The van der Waals surface area contributed by atoms with Gasteiger partial charge in [-0.3, -0.25) is 0 Å². The van der Waals surface area contributed by atoms with Gasteiger partial charge in [-0.1, -0.05) is 56.1 Å². The van der Waals surface area contributed by atoms with Gasteiger partial charge in [0.1, 0.15) is 11.6 Å². The summed E-state index contributed by atoms with van der Waals surface area (Å²) in [5.74, 6) is 1.23. The van der Waals surface area contributed by atoms with Gasteiger partial charge in [-0.2, -0.15) is 0 Å². The number of hydrogen-bond acceptors (Lipinski definition) is 2. The van der Waals surface area contributed by atoms with Crippen molar-refractivity contribution in [2.24, 2.45) is 5.92 Å². The largest absolute Gasteiger partial charge is 0.493 e. The highest BCUT2D eigenvalue weighted by Crippen LogP contribution is 2.41. The van der Waals surface area contributed by atoms with Gasteiger partial charge in [0.2, 0.25) is 0 Å². The molecule has 4 aromatic rings. The fourth-order valence-electron chi connectivity index (χ4n) is 6.01. The minimum atomic E-state index is -0.232. The van der Waals surface area contributed by atoms with E-state index in [1.165, 1.54) is 51.5 Å². The van der Waals surface area contributed by atoms with E-state index in [2.05, 4.69) is 62.7 Å². The Bertz CT molecular complexity index is 1610. The molecule has 0 fully saturated rings. The van der Waals surface area contributed by atoms with E-state index < -0.39 is 0 Å². The summed E-state index contributed by atoms with van der Waals surface area (Å²) in [7, 11) is 0. The van der Waals surface area contributed by atoms with E-state index in [0.717, 1.165) is 59.5 Å². The Morgan fingerprint density at radius 2 is 1.88 bits per heavy atom. The first-order valence-corrected chi connectivity index (χ1v) is 14.9. The van der Waals surface area contributed by atoms with Crippen molar-refractivity contribution in [3.8, 4) is 5.75 Å². The summed E-state index contributed by atoms with van der Waals surface area (Å²) < 4.78 is 22.4. The van der Waals surface area contributed by atoms with E-state index in [1.807, 2.05) is 18.2 Å². The summed E-state index contributed by atoms with van der Waals surface area (Å²) >= 11 is 7.00. The minimum absolute atomic E-state index is 0.232. The van der Waals surface area contributed by atoms with E-state index in [4.69, 9.17) is 16.3 Å². The smallest absolute Gasteiger partial charge is 0.127 e. The second kappa shape index (κ2) is 12.1. The number of nitrogens with one attached hydrogen (secondary N) is 1. The average Bonchev–Trinajstić information content (AvgIpc) is 3.20. The van der Waals surface area contributed by atoms with Crippen LogP contribution < -0.4 is 10.1 Å². The summed E-state index contributed by atoms with van der Waals surface area (Å²) in [5, 5.41) is 7.39. The normalized spacial score (nSPS) is 14.5. The number of dihydropyridines is 1. The Morgan fingerprint density at radius 3 is 2.65 bits per heavy atom. The van der Waals surface area contributed by atoms with Gasteiger partial charge in [0.15, 0.2) is 0 Å². The number of halogens is 2. The number of benzene rings is 3. The van der Waals surface area contributed by atoms with Crippen molar-refractivity contribution in [1.82, 2.24) is 9.88 Å². The Morgan fingerprint density at radius 1 is 1.07 bits per heavy atom. The van der Waals surface area contributed by atoms with Crippen molar-refractivity contribution in [3.63, 3.8) is 0 Å². The highest BCUT2D eigenvalue weighted by molar-refractivity contribution is 6.34. The molecular formula is C35H40ClFN2O. The molecule has 0 saturated carbocycles. The number of aromatic nitrogens is 1. The summed E-state index contributed by atoms with van der Waals surface area (Å²) in [6.45, 7) is 13.6. The minimum Gasteiger partial charge on any atom is -0.493 e. The van der Waals surface area contributed by atoms with Crippen LogP contribution in [0.15, 0.2) is 65.9 Å². The van der Waals surface area contributed by atoms with Crippen molar-refractivity contribution in [1.29, 1.82) is 0 Å². The lowest BCUT2D eigenvalue weighted by molar-refractivity contribution is 0.314. The van der Waals surface area contributed by atoms with Gasteiger partial charge in [0.25, 0.3) is 0 Å². The van der Waals surface area contributed by atoms with Crippen molar-refractivity contribution in [2.75, 3.05) is 13.2 Å². The predicted molar refractivity (Wildman–Crippen MR) is 168 cm³/mol. The average molecular weight is 559 g/mol. The van der Waals surface area contributed by atoms with Crippen LogP contribution in [0.5, 0.6) is 5.75 Å². The molecule has 1 aliphatic heterocycles. The molecule has 0 amide bonds. The number of aryl methyl sites for hydroxylation is 2. The van der Waals surface area contributed by atoms with Gasteiger partial charge in [-0.25, -0.2) is 4.39 Å². The monoisotopic (exact) mass is 558 g/mol. The zero-order valence-electron chi connectivity index (χ0n) is 24.3. The molecule has 5 rings (SSSR count). The molecule has 0 radical (unpaired) electrons. The molecule has 1 aliphatic rings. The van der Waals surface area contributed by atoms with Crippen molar-refractivity contribution >= 4 is 38.8 Å². The molecule has 0 bridgehead atoms. The third kappa shape index (κ3) is 5.51. The molecule has 1 N–H and O–H groups in total. The maximum Gasteiger partial charge on any atom is 0.127 e. The number of allylic oxidation sites excluding steroid dienone is 3. The van der Waals surface area contributed by atoms with E-state index in [1.54, 1.807) is 12.1 Å². The molecule has 0 spiro atoms. The van der Waals surface area contributed by atoms with Crippen LogP contribution in [0.1, 0.15) is 63.8 Å². The standard InChI is InChI=1S/C35H40ClFN2O/c1-6-22(2)17-19-39-25(5)28(10-8-20-40-32-11-7-9-26-21-27(37)12-13-29(26)32)30-14-15-31(36)34(35(30)39)33-23(3)16-18-38-24(33)4/h7,9,11-16,21-22,38H,6,8,10,17-20H2,1-5H3. The van der Waals surface area contributed by atoms with Crippen LogP contribution in [-0.4, -0.2) is 17.7 Å². The van der Waals surface area contributed by atoms with Gasteiger partial charge in [-0.05, 0) is 92.8 Å². The Kier molecular flexibility index (Phi) is 8.56. The molecule has 5 heteroatoms. The SMILES string of the molecule is CCC(C)CCn1c(C)c(CCCOc2cccc3cc(F)ccc23)c2ccc(Cl)c(C3=C(C)NCC=C3C)c21. The topological polar surface area (TPSA) is 26.2 Å². The van der Waals surface area contributed by atoms with Crippen LogP contribution in [0.4, 0.5) is 4.39 Å². The first kappa shape index (κ1) is 28.3. The second-order valence-corrected chi connectivity index (χ2v) is 11.6. The maximum atomic E-state index is 13.7. The second-order valence-electron chi connectivity index (χ2n) is 11.2. The Labute approximate surface area is 242 Å². The molecule has 210 valence electrons. The molecule has 1 aromatic heterocycles. The van der Waals surface area contributed by atoms with Gasteiger partial charge in [-0.15, -0.1) is 0 Å². The van der Waals surface area contributed by atoms with Crippen LogP contribution in [0, 0.1) is 18.7 Å². The number of rotatable bonds is 10. The quantitative estimate of drug-likeness (QED) is 0.196. The van der Waals surface area contributed by atoms with E-state index in [-0.39, 0.29) is 5.82 Å².